The molecule has 1 aliphatic heterocycles. The molecule has 136 valence electrons. The Morgan fingerprint density at radius 3 is 2.80 bits per heavy atom. The molecule has 1 heterocycles. The summed E-state index contributed by atoms with van der Waals surface area (Å²) < 4.78 is 15.9. The summed E-state index contributed by atoms with van der Waals surface area (Å²) in [7, 11) is 3.15. The minimum Gasteiger partial charge on any atom is -0.497 e. The Hall–Kier alpha value is -2.28. The van der Waals surface area contributed by atoms with E-state index < -0.39 is 6.04 Å². The highest BCUT2D eigenvalue weighted by atomic mass is 16.5. The Morgan fingerprint density at radius 1 is 1.32 bits per heavy atom. The number of nitrogens with zero attached hydrogens (tertiary/aromatic N) is 1. The van der Waals surface area contributed by atoms with Gasteiger partial charge in [0.25, 0.3) is 0 Å². The van der Waals surface area contributed by atoms with Crippen molar-refractivity contribution in [2.24, 2.45) is 5.92 Å². The number of morpholine rings is 1. The van der Waals surface area contributed by atoms with Gasteiger partial charge in [0.15, 0.2) is 0 Å². The van der Waals surface area contributed by atoms with Crippen molar-refractivity contribution in [3.05, 3.63) is 23.8 Å². The first-order valence-electron chi connectivity index (χ1n) is 8.48. The fourth-order valence-corrected chi connectivity index (χ4v) is 2.87. The number of methoxy groups -OCH3 is 2. The van der Waals surface area contributed by atoms with Gasteiger partial charge in [0.05, 0.1) is 27.4 Å². The van der Waals surface area contributed by atoms with Crippen molar-refractivity contribution in [1.82, 2.24) is 10.2 Å². The zero-order valence-electron chi connectivity index (χ0n) is 14.6. The predicted molar refractivity (Wildman–Crippen MR) is 90.4 cm³/mol. The molecule has 7 heteroatoms. The molecular formula is C18H24N2O5. The summed E-state index contributed by atoms with van der Waals surface area (Å²) in [6, 6.07) is 4.80. The molecule has 2 aliphatic rings. The Bertz CT molecular complexity index is 644. The quantitative estimate of drug-likeness (QED) is 0.794. The van der Waals surface area contributed by atoms with Crippen LogP contribution in [0.2, 0.25) is 0 Å². The van der Waals surface area contributed by atoms with Crippen LogP contribution in [-0.2, 0) is 20.9 Å². The molecule has 1 atom stereocenters. The monoisotopic (exact) mass is 348 g/mol. The topological polar surface area (TPSA) is 77.1 Å². The third kappa shape index (κ3) is 4.22. The van der Waals surface area contributed by atoms with Crippen molar-refractivity contribution < 1.29 is 23.8 Å². The maximum atomic E-state index is 12.5. The molecule has 1 saturated carbocycles. The molecule has 7 nitrogen and oxygen atoms in total. The number of amides is 2. The third-order valence-electron chi connectivity index (χ3n) is 4.60. The highest BCUT2D eigenvalue weighted by Crippen LogP contribution is 2.28. The maximum absolute atomic E-state index is 12.5. The van der Waals surface area contributed by atoms with Gasteiger partial charge in [0.1, 0.15) is 24.1 Å². The molecule has 3 rings (SSSR count). The van der Waals surface area contributed by atoms with Gasteiger partial charge in [-0.05, 0) is 30.9 Å². The molecule has 1 aliphatic carbocycles. The molecule has 0 radical (unpaired) electrons. The molecule has 1 aromatic rings. The van der Waals surface area contributed by atoms with Crippen molar-refractivity contribution in [3.63, 3.8) is 0 Å². The summed E-state index contributed by atoms with van der Waals surface area (Å²) in [5.41, 5.74) is 0.818. The second kappa shape index (κ2) is 7.74. The molecule has 2 fully saturated rings. The lowest BCUT2D eigenvalue weighted by Gasteiger charge is -2.34. The largest absolute Gasteiger partial charge is 0.497 e. The predicted octanol–water partition coefficient (Wildman–Crippen LogP) is 0.957. The van der Waals surface area contributed by atoms with Crippen LogP contribution < -0.4 is 14.8 Å². The number of rotatable bonds is 7. The number of nitrogens with one attached hydrogen (secondary N) is 1. The first-order chi connectivity index (χ1) is 12.1. The molecule has 1 saturated heterocycles. The van der Waals surface area contributed by atoms with Gasteiger partial charge in [-0.1, -0.05) is 0 Å². The van der Waals surface area contributed by atoms with E-state index in [0.29, 0.717) is 24.0 Å². The summed E-state index contributed by atoms with van der Waals surface area (Å²) in [6.45, 7) is 1.16. The fourth-order valence-electron chi connectivity index (χ4n) is 2.87. The van der Waals surface area contributed by atoms with E-state index >= 15 is 0 Å². The van der Waals surface area contributed by atoms with Crippen LogP contribution in [0.3, 0.4) is 0 Å². The highest BCUT2D eigenvalue weighted by Gasteiger charge is 2.35. The van der Waals surface area contributed by atoms with E-state index in [4.69, 9.17) is 14.2 Å². The summed E-state index contributed by atoms with van der Waals surface area (Å²) in [5, 5.41) is 2.93. The Balaban J connectivity index is 1.74. The average molecular weight is 348 g/mol. The van der Waals surface area contributed by atoms with Gasteiger partial charge in [-0.15, -0.1) is 0 Å². The molecule has 2 amide bonds. The van der Waals surface area contributed by atoms with Crippen molar-refractivity contribution in [2.75, 3.05) is 34.0 Å². The number of ether oxygens (including phenoxy) is 3. The molecule has 25 heavy (non-hydrogen) atoms. The SMILES string of the molecule is COc1ccc(CN2C(=O)COC[C@H]2C(=O)NCC2CC2)c(OC)c1. The van der Waals surface area contributed by atoms with E-state index in [9.17, 15) is 9.59 Å². The minimum atomic E-state index is -0.619. The molecule has 0 bridgehead atoms. The van der Waals surface area contributed by atoms with Crippen molar-refractivity contribution in [3.8, 4) is 11.5 Å². The van der Waals surface area contributed by atoms with Gasteiger partial charge in [-0.3, -0.25) is 9.59 Å². The lowest BCUT2D eigenvalue weighted by molar-refractivity contribution is -0.155. The first kappa shape index (κ1) is 17.5. The molecular weight excluding hydrogens is 324 g/mol. The molecule has 1 aromatic carbocycles. The van der Waals surface area contributed by atoms with Crippen LogP contribution in [0.5, 0.6) is 11.5 Å². The first-order valence-corrected chi connectivity index (χ1v) is 8.48. The Labute approximate surface area is 147 Å². The fraction of sp³-hybridized carbons (Fsp3) is 0.556. The highest BCUT2D eigenvalue weighted by molar-refractivity contribution is 5.89. The zero-order valence-corrected chi connectivity index (χ0v) is 14.6. The van der Waals surface area contributed by atoms with Crippen LogP contribution in [0.15, 0.2) is 18.2 Å². The maximum Gasteiger partial charge on any atom is 0.249 e. The van der Waals surface area contributed by atoms with E-state index in [-0.39, 0.29) is 31.6 Å². The number of benzene rings is 1. The molecule has 1 N–H and O–H groups in total. The summed E-state index contributed by atoms with van der Waals surface area (Å²) in [4.78, 5) is 26.4. The Kier molecular flexibility index (Phi) is 5.43. The lowest BCUT2D eigenvalue weighted by Crippen LogP contribution is -2.56. The molecule has 0 aromatic heterocycles. The van der Waals surface area contributed by atoms with Gasteiger partial charge < -0.3 is 24.4 Å². The smallest absolute Gasteiger partial charge is 0.249 e. The standard InChI is InChI=1S/C18H24N2O5/c1-23-14-6-5-13(16(7-14)24-2)9-20-15(10-25-11-17(20)21)18(22)19-8-12-3-4-12/h5-7,12,15H,3-4,8-11H2,1-2H3,(H,19,22)/t15-/m0/s1. The van der Waals surface area contributed by atoms with Crippen LogP contribution in [-0.4, -0.2) is 56.7 Å². The van der Waals surface area contributed by atoms with Crippen LogP contribution in [0.1, 0.15) is 18.4 Å². The van der Waals surface area contributed by atoms with Crippen molar-refractivity contribution in [1.29, 1.82) is 0 Å². The summed E-state index contributed by atoms with van der Waals surface area (Å²) >= 11 is 0. The van der Waals surface area contributed by atoms with E-state index in [1.54, 1.807) is 25.2 Å². The summed E-state index contributed by atoms with van der Waals surface area (Å²) in [5.74, 6) is 1.52. The zero-order chi connectivity index (χ0) is 17.8. The van der Waals surface area contributed by atoms with E-state index in [0.717, 1.165) is 18.4 Å². The average Bonchev–Trinajstić information content (AvgIpc) is 3.46. The van der Waals surface area contributed by atoms with Crippen LogP contribution in [0.25, 0.3) is 0 Å². The van der Waals surface area contributed by atoms with Gasteiger partial charge in [-0.25, -0.2) is 0 Å². The van der Waals surface area contributed by atoms with Gasteiger partial charge in [0.2, 0.25) is 11.8 Å². The van der Waals surface area contributed by atoms with Crippen LogP contribution >= 0.6 is 0 Å². The van der Waals surface area contributed by atoms with Crippen molar-refractivity contribution in [2.45, 2.75) is 25.4 Å². The van der Waals surface area contributed by atoms with Crippen LogP contribution in [0.4, 0.5) is 0 Å². The van der Waals surface area contributed by atoms with Gasteiger partial charge >= 0.3 is 0 Å². The molecule has 0 unspecified atom stereocenters. The number of carbonyl (C=O) groups excluding carboxylic acids is 2. The second-order valence-electron chi connectivity index (χ2n) is 6.42. The van der Waals surface area contributed by atoms with E-state index in [1.807, 2.05) is 12.1 Å². The Morgan fingerprint density at radius 2 is 2.12 bits per heavy atom. The second-order valence-corrected chi connectivity index (χ2v) is 6.42. The normalized spacial score (nSPS) is 20.3. The lowest BCUT2D eigenvalue weighted by atomic mass is 10.1. The van der Waals surface area contributed by atoms with Crippen molar-refractivity contribution >= 4 is 11.8 Å². The van der Waals surface area contributed by atoms with E-state index in [1.165, 1.54) is 0 Å². The van der Waals surface area contributed by atoms with E-state index in [2.05, 4.69) is 5.32 Å². The number of hydrogen-bond acceptors (Lipinski definition) is 5. The summed E-state index contributed by atoms with van der Waals surface area (Å²) in [6.07, 6.45) is 2.32. The van der Waals surface area contributed by atoms with Gasteiger partial charge in [0, 0.05) is 18.2 Å². The third-order valence-corrected chi connectivity index (χ3v) is 4.60. The molecule has 0 spiro atoms. The van der Waals surface area contributed by atoms with Gasteiger partial charge in [-0.2, -0.15) is 0 Å². The number of carbonyl (C=O) groups is 2. The minimum absolute atomic E-state index is 0.00905. The van der Waals surface area contributed by atoms with Crippen LogP contribution in [0, 0.1) is 5.92 Å². The number of hydrogen-bond donors (Lipinski definition) is 1.